The highest BCUT2D eigenvalue weighted by Gasteiger charge is 2.29. The molecule has 0 spiro atoms. The molecule has 2 rings (SSSR count). The quantitative estimate of drug-likeness (QED) is 0.821. The Morgan fingerprint density at radius 2 is 2.05 bits per heavy atom. The van der Waals surface area contributed by atoms with Crippen LogP contribution in [0.2, 0.25) is 0 Å². The van der Waals surface area contributed by atoms with E-state index in [9.17, 15) is 8.42 Å². The molecule has 21 heavy (non-hydrogen) atoms. The van der Waals surface area contributed by atoms with Crippen LogP contribution in [-0.2, 0) is 10.0 Å². The average molecular weight is 317 g/mol. The van der Waals surface area contributed by atoms with E-state index in [1.54, 1.807) is 4.31 Å². The van der Waals surface area contributed by atoms with Gasteiger partial charge in [0.2, 0.25) is 10.0 Å². The van der Waals surface area contributed by atoms with Crippen LogP contribution in [0.4, 0.5) is 0 Å². The highest BCUT2D eigenvalue weighted by molar-refractivity contribution is 7.88. The van der Waals surface area contributed by atoms with Crippen LogP contribution in [0.15, 0.2) is 0 Å². The van der Waals surface area contributed by atoms with E-state index in [1.165, 1.54) is 12.7 Å². The van der Waals surface area contributed by atoms with Crippen LogP contribution in [0.1, 0.15) is 33.1 Å². The summed E-state index contributed by atoms with van der Waals surface area (Å²) in [5, 5.41) is 3.62. The smallest absolute Gasteiger partial charge is 0.211 e. The Hall–Kier alpha value is -0.170. The summed E-state index contributed by atoms with van der Waals surface area (Å²) in [5.41, 5.74) is 0. The lowest BCUT2D eigenvalue weighted by molar-refractivity contribution is 0.127. The van der Waals surface area contributed by atoms with Crippen molar-refractivity contribution < 1.29 is 8.42 Å². The first-order chi connectivity index (χ1) is 9.90. The van der Waals surface area contributed by atoms with Crippen LogP contribution in [0.5, 0.6) is 0 Å². The molecule has 0 aliphatic carbocycles. The number of hydrogen-bond acceptors (Lipinski definition) is 4. The Morgan fingerprint density at radius 3 is 2.71 bits per heavy atom. The van der Waals surface area contributed by atoms with Gasteiger partial charge in [0, 0.05) is 45.3 Å². The Kier molecular flexibility index (Phi) is 6.05. The van der Waals surface area contributed by atoms with Crippen molar-refractivity contribution in [3.05, 3.63) is 0 Å². The summed E-state index contributed by atoms with van der Waals surface area (Å²) in [7, 11) is -3.03. The maximum Gasteiger partial charge on any atom is 0.211 e. The molecule has 0 bridgehead atoms. The van der Waals surface area contributed by atoms with Gasteiger partial charge in [-0.05, 0) is 24.7 Å². The van der Waals surface area contributed by atoms with E-state index in [0.717, 1.165) is 39.0 Å². The summed E-state index contributed by atoms with van der Waals surface area (Å²) in [6.45, 7) is 10.2. The Labute approximate surface area is 130 Å². The van der Waals surface area contributed by atoms with Crippen molar-refractivity contribution in [2.75, 3.05) is 45.5 Å². The van der Waals surface area contributed by atoms with Crippen molar-refractivity contribution in [1.29, 1.82) is 0 Å². The molecular weight excluding hydrogens is 286 g/mol. The standard InChI is InChI=1S/C15H31N3O2S/c1-4-13(2)15-12-17(9-7-16-15)10-14-6-5-8-18(11-14)21(3,19)20/h13-16H,4-12H2,1-3H3. The van der Waals surface area contributed by atoms with Gasteiger partial charge in [-0.1, -0.05) is 20.3 Å². The van der Waals surface area contributed by atoms with Crippen LogP contribution in [0.3, 0.4) is 0 Å². The van der Waals surface area contributed by atoms with Gasteiger partial charge in [0.05, 0.1) is 6.26 Å². The first-order valence-corrected chi connectivity index (χ1v) is 10.2. The van der Waals surface area contributed by atoms with E-state index in [-0.39, 0.29) is 0 Å². The fourth-order valence-corrected chi connectivity index (χ4v) is 4.46. The third-order valence-corrected chi connectivity index (χ3v) is 6.36. The lowest BCUT2D eigenvalue weighted by atomic mass is 9.95. The van der Waals surface area contributed by atoms with Crippen molar-refractivity contribution in [2.24, 2.45) is 11.8 Å². The van der Waals surface area contributed by atoms with Crippen molar-refractivity contribution in [2.45, 2.75) is 39.2 Å². The fourth-order valence-electron chi connectivity index (χ4n) is 3.52. The van der Waals surface area contributed by atoms with Crippen LogP contribution >= 0.6 is 0 Å². The molecule has 3 atom stereocenters. The first-order valence-electron chi connectivity index (χ1n) is 8.31. The number of piperidine rings is 1. The van der Waals surface area contributed by atoms with Crippen molar-refractivity contribution in [1.82, 2.24) is 14.5 Å². The first kappa shape index (κ1) is 17.2. The predicted octanol–water partition coefficient (Wildman–Crippen LogP) is 0.978. The minimum atomic E-state index is -3.03. The van der Waals surface area contributed by atoms with Gasteiger partial charge in [-0.25, -0.2) is 12.7 Å². The summed E-state index contributed by atoms with van der Waals surface area (Å²) >= 11 is 0. The molecule has 0 saturated carbocycles. The van der Waals surface area contributed by atoms with E-state index in [0.29, 0.717) is 31.0 Å². The highest BCUT2D eigenvalue weighted by Crippen LogP contribution is 2.21. The van der Waals surface area contributed by atoms with Gasteiger partial charge in [-0.2, -0.15) is 0 Å². The third-order valence-electron chi connectivity index (χ3n) is 5.09. The Balaban J connectivity index is 1.86. The normalized spacial score (nSPS) is 31.2. The SMILES string of the molecule is CCC(C)C1CN(CC2CCCN(S(C)(=O)=O)C2)CCN1. The second-order valence-corrected chi connectivity index (χ2v) is 8.82. The van der Waals surface area contributed by atoms with Crippen LogP contribution in [0.25, 0.3) is 0 Å². The molecule has 2 saturated heterocycles. The maximum absolute atomic E-state index is 11.7. The average Bonchev–Trinajstić information content (AvgIpc) is 2.46. The van der Waals surface area contributed by atoms with Crippen molar-refractivity contribution >= 4 is 10.0 Å². The zero-order chi connectivity index (χ0) is 15.5. The van der Waals surface area contributed by atoms with Gasteiger partial charge in [-0.15, -0.1) is 0 Å². The minimum Gasteiger partial charge on any atom is -0.311 e. The van der Waals surface area contributed by atoms with Gasteiger partial charge >= 0.3 is 0 Å². The Bertz CT molecular complexity index is 427. The summed E-state index contributed by atoms with van der Waals surface area (Å²) in [6.07, 6.45) is 4.69. The molecule has 124 valence electrons. The number of sulfonamides is 1. The zero-order valence-electron chi connectivity index (χ0n) is 13.7. The number of piperazine rings is 1. The van der Waals surface area contributed by atoms with Gasteiger partial charge in [0.15, 0.2) is 0 Å². The van der Waals surface area contributed by atoms with E-state index in [2.05, 4.69) is 24.1 Å². The summed E-state index contributed by atoms with van der Waals surface area (Å²) < 4.78 is 25.1. The third kappa shape index (κ3) is 4.91. The molecule has 0 aromatic rings. The lowest BCUT2D eigenvalue weighted by Gasteiger charge is -2.40. The number of rotatable bonds is 5. The number of nitrogens with one attached hydrogen (secondary N) is 1. The van der Waals surface area contributed by atoms with Crippen molar-refractivity contribution in [3.63, 3.8) is 0 Å². The molecule has 0 aromatic carbocycles. The van der Waals surface area contributed by atoms with E-state index in [1.807, 2.05) is 0 Å². The topological polar surface area (TPSA) is 52.7 Å². The predicted molar refractivity (Wildman–Crippen MR) is 86.8 cm³/mol. The second-order valence-electron chi connectivity index (χ2n) is 6.83. The maximum atomic E-state index is 11.7. The summed E-state index contributed by atoms with van der Waals surface area (Å²) in [4.78, 5) is 2.53. The Morgan fingerprint density at radius 1 is 1.29 bits per heavy atom. The van der Waals surface area contributed by atoms with Crippen molar-refractivity contribution in [3.8, 4) is 0 Å². The molecule has 5 nitrogen and oxygen atoms in total. The van der Waals surface area contributed by atoms with Crippen LogP contribution in [0, 0.1) is 11.8 Å². The second kappa shape index (κ2) is 7.40. The molecule has 2 aliphatic heterocycles. The van der Waals surface area contributed by atoms with Crippen LogP contribution < -0.4 is 5.32 Å². The van der Waals surface area contributed by atoms with Gasteiger partial charge in [0.25, 0.3) is 0 Å². The number of nitrogens with zero attached hydrogens (tertiary/aromatic N) is 2. The monoisotopic (exact) mass is 317 g/mol. The molecule has 2 aliphatic rings. The molecule has 0 amide bonds. The molecule has 1 N–H and O–H groups in total. The molecule has 0 radical (unpaired) electrons. The fraction of sp³-hybridized carbons (Fsp3) is 1.00. The highest BCUT2D eigenvalue weighted by atomic mass is 32.2. The van der Waals surface area contributed by atoms with E-state index < -0.39 is 10.0 Å². The van der Waals surface area contributed by atoms with Gasteiger partial charge in [0.1, 0.15) is 0 Å². The van der Waals surface area contributed by atoms with E-state index in [4.69, 9.17) is 0 Å². The molecule has 2 fully saturated rings. The lowest BCUT2D eigenvalue weighted by Crippen LogP contribution is -2.55. The number of hydrogen-bond donors (Lipinski definition) is 1. The molecule has 6 heteroatoms. The summed E-state index contributed by atoms with van der Waals surface area (Å²) in [5.74, 6) is 1.19. The molecule has 2 heterocycles. The van der Waals surface area contributed by atoms with Gasteiger partial charge in [-0.3, -0.25) is 0 Å². The molecule has 0 aromatic heterocycles. The molecular formula is C15H31N3O2S. The van der Waals surface area contributed by atoms with Gasteiger partial charge < -0.3 is 10.2 Å². The zero-order valence-corrected chi connectivity index (χ0v) is 14.5. The van der Waals surface area contributed by atoms with E-state index >= 15 is 0 Å². The largest absolute Gasteiger partial charge is 0.311 e. The summed E-state index contributed by atoms with van der Waals surface area (Å²) in [6, 6.07) is 0.582. The molecule has 3 unspecified atom stereocenters. The minimum absolute atomic E-state index is 0.490. The van der Waals surface area contributed by atoms with Crippen LogP contribution in [-0.4, -0.2) is 69.2 Å².